The van der Waals surface area contributed by atoms with Crippen LogP contribution in [0.4, 0.5) is 0 Å². The lowest BCUT2D eigenvalue weighted by atomic mass is 9.77. The van der Waals surface area contributed by atoms with Crippen molar-refractivity contribution < 1.29 is 9.59 Å². The number of benzene rings is 3. The van der Waals surface area contributed by atoms with Gasteiger partial charge in [-0.15, -0.1) is 0 Å². The molecule has 0 saturated heterocycles. The monoisotopic (exact) mass is 410 g/mol. The average Bonchev–Trinajstić information content (AvgIpc) is 2.76. The van der Waals surface area contributed by atoms with Gasteiger partial charge in [0.15, 0.2) is 0 Å². The van der Waals surface area contributed by atoms with E-state index in [1.807, 2.05) is 30.3 Å². The minimum atomic E-state index is -0.415. The van der Waals surface area contributed by atoms with E-state index in [1.54, 1.807) is 0 Å². The van der Waals surface area contributed by atoms with Crippen LogP contribution in [0, 0.1) is 0 Å². The van der Waals surface area contributed by atoms with Gasteiger partial charge >= 0.3 is 0 Å². The van der Waals surface area contributed by atoms with Gasteiger partial charge in [0.1, 0.15) is 0 Å². The van der Waals surface area contributed by atoms with Gasteiger partial charge in [0.05, 0.1) is 0 Å². The molecule has 0 aromatic heterocycles. The fourth-order valence-electron chi connectivity index (χ4n) is 4.15. The Morgan fingerprint density at radius 2 is 1.06 bits per heavy atom. The molecule has 3 aromatic carbocycles. The van der Waals surface area contributed by atoms with Gasteiger partial charge in [-0.05, 0) is 62.8 Å². The van der Waals surface area contributed by atoms with Crippen LogP contribution in [0.25, 0.3) is 22.3 Å². The minimum absolute atomic E-state index is 0.0400. The zero-order chi connectivity index (χ0) is 22.6. The van der Waals surface area contributed by atoms with Crippen molar-refractivity contribution in [1.29, 1.82) is 0 Å². The molecule has 31 heavy (non-hydrogen) atoms. The molecule has 2 nitrogen and oxygen atoms in total. The zero-order valence-electron chi connectivity index (χ0n) is 19.3. The Morgan fingerprint density at radius 1 is 0.581 bits per heavy atom. The van der Waals surface area contributed by atoms with Crippen LogP contribution < -0.4 is 0 Å². The average molecular weight is 411 g/mol. The quantitative estimate of drug-likeness (QED) is 0.422. The minimum Gasteiger partial charge on any atom is -0.285 e. The van der Waals surface area contributed by atoms with E-state index < -0.39 is 11.6 Å². The number of carbonyl (C=O) groups excluding carboxylic acids is 2. The molecule has 0 spiro atoms. The van der Waals surface area contributed by atoms with E-state index in [1.165, 1.54) is 5.56 Å². The smallest absolute Gasteiger partial charge is 0.234 e. The summed E-state index contributed by atoms with van der Waals surface area (Å²) in [5, 5.41) is 0. The summed E-state index contributed by atoms with van der Waals surface area (Å²) in [4.78, 5) is 26.0. The van der Waals surface area contributed by atoms with E-state index >= 15 is 0 Å². The Kier molecular flexibility index (Phi) is 5.00. The predicted molar refractivity (Wildman–Crippen MR) is 128 cm³/mol. The molecule has 0 atom stereocenters. The molecule has 0 heterocycles. The highest BCUT2D eigenvalue weighted by molar-refractivity contribution is 6.53. The molecule has 0 bridgehead atoms. The molecule has 0 aliphatic heterocycles. The Labute approximate surface area is 185 Å². The van der Waals surface area contributed by atoms with E-state index in [9.17, 15) is 9.59 Å². The molecule has 3 aromatic rings. The molecule has 0 unspecified atom stereocenters. The molecule has 0 saturated carbocycles. The summed E-state index contributed by atoms with van der Waals surface area (Å²) in [6, 6.07) is 20.3. The maximum atomic E-state index is 13.0. The van der Waals surface area contributed by atoms with Crippen LogP contribution in [0.1, 0.15) is 79.8 Å². The maximum Gasteiger partial charge on any atom is 0.234 e. The van der Waals surface area contributed by atoms with Gasteiger partial charge in [0, 0.05) is 11.1 Å². The third-order valence-electron chi connectivity index (χ3n) is 6.77. The number of Topliss-reactive ketones (excluding diaryl/α,β-unsaturated/α-hetero) is 2. The van der Waals surface area contributed by atoms with Crippen molar-refractivity contribution in [3.63, 3.8) is 0 Å². The number of fused-ring (bicyclic) bond motifs is 3. The van der Waals surface area contributed by atoms with Crippen LogP contribution in [0.2, 0.25) is 0 Å². The third-order valence-corrected chi connectivity index (χ3v) is 6.77. The van der Waals surface area contributed by atoms with Gasteiger partial charge in [-0.3, -0.25) is 9.59 Å². The van der Waals surface area contributed by atoms with Crippen molar-refractivity contribution in [3.8, 4) is 22.3 Å². The summed E-state index contributed by atoms with van der Waals surface area (Å²) in [7, 11) is 0. The molecule has 1 aliphatic carbocycles. The van der Waals surface area contributed by atoms with Crippen LogP contribution in [-0.2, 0) is 10.8 Å². The first-order valence-electron chi connectivity index (χ1n) is 11.0. The molecule has 158 valence electrons. The molecule has 4 rings (SSSR count). The molecule has 0 fully saturated rings. The van der Waals surface area contributed by atoms with Gasteiger partial charge in [0.2, 0.25) is 11.6 Å². The maximum absolute atomic E-state index is 13.0. The van der Waals surface area contributed by atoms with Gasteiger partial charge < -0.3 is 0 Å². The van der Waals surface area contributed by atoms with E-state index in [4.69, 9.17) is 0 Å². The summed E-state index contributed by atoms with van der Waals surface area (Å²) < 4.78 is 0. The normalized spacial score (nSPS) is 13.7. The third kappa shape index (κ3) is 3.65. The van der Waals surface area contributed by atoms with Crippen molar-refractivity contribution in [2.45, 2.75) is 58.8 Å². The van der Waals surface area contributed by atoms with Crippen LogP contribution in [-0.4, -0.2) is 11.6 Å². The lowest BCUT2D eigenvalue weighted by molar-refractivity contribution is 0.0815. The van der Waals surface area contributed by atoms with E-state index in [0.717, 1.165) is 34.2 Å². The first kappa shape index (κ1) is 21.2. The Bertz CT molecular complexity index is 1190. The highest BCUT2D eigenvalue weighted by Crippen LogP contribution is 2.39. The zero-order valence-corrected chi connectivity index (χ0v) is 19.3. The SMILES string of the molecule is CCC(C)(C)c1ccc2c(c1)C(=O)C(=O)c1cc(-c3ccc(C(C)(C)C)cc3)ccc1-2. The van der Waals surface area contributed by atoms with E-state index in [-0.39, 0.29) is 10.8 Å². The fraction of sp³-hybridized carbons (Fsp3) is 0.310. The number of hydrogen-bond donors (Lipinski definition) is 0. The molecule has 1 aliphatic rings. The molecular weight excluding hydrogens is 380 g/mol. The Morgan fingerprint density at radius 3 is 1.61 bits per heavy atom. The van der Waals surface area contributed by atoms with Gasteiger partial charge in [0.25, 0.3) is 0 Å². The topological polar surface area (TPSA) is 34.1 Å². The second-order valence-corrected chi connectivity index (χ2v) is 10.2. The summed E-state index contributed by atoms with van der Waals surface area (Å²) >= 11 is 0. The number of carbonyl (C=O) groups is 2. The second-order valence-electron chi connectivity index (χ2n) is 10.2. The molecule has 0 amide bonds. The summed E-state index contributed by atoms with van der Waals surface area (Å²) in [6.07, 6.45) is 0.960. The van der Waals surface area contributed by atoms with Crippen LogP contribution in [0.5, 0.6) is 0 Å². The Balaban J connectivity index is 1.79. The largest absolute Gasteiger partial charge is 0.285 e. The highest BCUT2D eigenvalue weighted by atomic mass is 16.2. The molecule has 0 N–H and O–H groups in total. The Hall–Kier alpha value is -3.00. The predicted octanol–water partition coefficient (Wildman–Crippen LogP) is 7.38. The summed E-state index contributed by atoms with van der Waals surface area (Å²) in [5.41, 5.74) is 7.12. The van der Waals surface area contributed by atoms with E-state index in [2.05, 4.69) is 71.9 Å². The van der Waals surface area contributed by atoms with Crippen molar-refractivity contribution in [2.75, 3.05) is 0 Å². The van der Waals surface area contributed by atoms with Crippen molar-refractivity contribution in [3.05, 3.63) is 82.9 Å². The number of hydrogen-bond acceptors (Lipinski definition) is 2. The van der Waals surface area contributed by atoms with Crippen LogP contribution in [0.3, 0.4) is 0 Å². The van der Waals surface area contributed by atoms with Gasteiger partial charge in [-0.1, -0.05) is 90.1 Å². The molecule has 0 radical (unpaired) electrons. The van der Waals surface area contributed by atoms with Crippen LogP contribution >= 0.6 is 0 Å². The highest BCUT2D eigenvalue weighted by Gasteiger charge is 2.32. The fourth-order valence-corrected chi connectivity index (χ4v) is 4.15. The molecular formula is C29H30O2. The van der Waals surface area contributed by atoms with Gasteiger partial charge in [-0.25, -0.2) is 0 Å². The van der Waals surface area contributed by atoms with Gasteiger partial charge in [-0.2, -0.15) is 0 Å². The van der Waals surface area contributed by atoms with Crippen molar-refractivity contribution in [1.82, 2.24) is 0 Å². The lowest BCUT2D eigenvalue weighted by Gasteiger charge is -2.26. The number of ketones is 2. The second kappa shape index (κ2) is 7.30. The number of rotatable bonds is 3. The van der Waals surface area contributed by atoms with E-state index in [0.29, 0.717) is 11.1 Å². The first-order valence-corrected chi connectivity index (χ1v) is 11.0. The van der Waals surface area contributed by atoms with Crippen molar-refractivity contribution in [2.24, 2.45) is 0 Å². The lowest BCUT2D eigenvalue weighted by Crippen LogP contribution is -2.23. The first-order chi connectivity index (χ1) is 14.5. The van der Waals surface area contributed by atoms with Crippen molar-refractivity contribution >= 4 is 11.6 Å². The standard InChI is InChI=1S/C29H30O2/c1-7-29(5,6)21-13-15-23-22-14-10-19(16-24(22)26(30)27(31)25(23)17-21)18-8-11-20(12-9-18)28(2,3)4/h8-17H,7H2,1-6H3. The summed E-state index contributed by atoms with van der Waals surface area (Å²) in [6.45, 7) is 13.0. The summed E-state index contributed by atoms with van der Waals surface area (Å²) in [5.74, 6) is -0.821. The van der Waals surface area contributed by atoms with Crippen LogP contribution in [0.15, 0.2) is 60.7 Å². The molecule has 2 heteroatoms.